The predicted molar refractivity (Wildman–Crippen MR) is 72.1 cm³/mol. The Balaban J connectivity index is 1.80. The molecule has 5 nitrogen and oxygen atoms in total. The van der Waals surface area contributed by atoms with Crippen molar-refractivity contribution in [1.82, 2.24) is 10.2 Å². The number of morpholine rings is 1. The zero-order valence-electron chi connectivity index (χ0n) is 11.8. The molecular weight excluding hydrogens is 244 g/mol. The molecule has 2 heterocycles. The normalized spacial score (nSPS) is 26.1. The van der Waals surface area contributed by atoms with E-state index in [0.717, 1.165) is 13.1 Å². The molecule has 1 aliphatic heterocycles. The van der Waals surface area contributed by atoms with Crippen molar-refractivity contribution >= 4 is 5.91 Å². The van der Waals surface area contributed by atoms with Crippen molar-refractivity contribution in [1.29, 1.82) is 0 Å². The lowest BCUT2D eigenvalue weighted by molar-refractivity contribution is -0.0778. The maximum atomic E-state index is 11.8. The minimum Gasteiger partial charge on any atom is -0.472 e. The summed E-state index contributed by atoms with van der Waals surface area (Å²) in [6.45, 7) is 8.74. The summed E-state index contributed by atoms with van der Waals surface area (Å²) in [5.41, 5.74) is 0.566. The van der Waals surface area contributed by atoms with Crippen LogP contribution in [0.5, 0.6) is 0 Å². The van der Waals surface area contributed by atoms with Gasteiger partial charge in [-0.25, -0.2) is 0 Å². The lowest BCUT2D eigenvalue weighted by atomic mass is 10.1. The van der Waals surface area contributed by atoms with Crippen LogP contribution in [0.25, 0.3) is 0 Å². The van der Waals surface area contributed by atoms with Gasteiger partial charge in [0.1, 0.15) is 6.26 Å². The molecule has 5 heteroatoms. The van der Waals surface area contributed by atoms with Crippen molar-refractivity contribution in [2.75, 3.05) is 19.6 Å². The molecule has 1 N–H and O–H groups in total. The van der Waals surface area contributed by atoms with E-state index in [4.69, 9.17) is 9.15 Å². The van der Waals surface area contributed by atoms with Gasteiger partial charge in [0.2, 0.25) is 0 Å². The Kier molecular flexibility index (Phi) is 4.61. The second-order valence-electron chi connectivity index (χ2n) is 5.28. The molecule has 1 aromatic rings. The highest BCUT2D eigenvalue weighted by molar-refractivity contribution is 5.93. The molecule has 1 saturated heterocycles. The smallest absolute Gasteiger partial charge is 0.254 e. The third kappa shape index (κ3) is 3.81. The molecule has 0 saturated carbocycles. The molecule has 1 aromatic heterocycles. The summed E-state index contributed by atoms with van der Waals surface area (Å²) in [6.07, 6.45) is 3.45. The zero-order valence-corrected chi connectivity index (χ0v) is 11.8. The number of hydrogen-bond acceptors (Lipinski definition) is 4. The highest BCUT2D eigenvalue weighted by atomic mass is 16.5. The van der Waals surface area contributed by atoms with E-state index in [2.05, 4.69) is 31.0 Å². The highest BCUT2D eigenvalue weighted by Gasteiger charge is 2.25. The average Bonchev–Trinajstić information content (AvgIpc) is 2.88. The summed E-state index contributed by atoms with van der Waals surface area (Å²) in [5, 5.41) is 2.93. The maximum absolute atomic E-state index is 11.8. The lowest BCUT2D eigenvalue weighted by Crippen LogP contribution is -2.52. The molecule has 106 valence electrons. The van der Waals surface area contributed by atoms with Crippen LogP contribution < -0.4 is 5.32 Å². The van der Waals surface area contributed by atoms with Gasteiger partial charge in [0.05, 0.1) is 24.0 Å². The minimum atomic E-state index is -0.0880. The lowest BCUT2D eigenvalue weighted by Gasteiger charge is -2.38. The first-order valence-corrected chi connectivity index (χ1v) is 6.76. The molecule has 1 fully saturated rings. The topological polar surface area (TPSA) is 54.7 Å². The summed E-state index contributed by atoms with van der Waals surface area (Å²) >= 11 is 0. The molecule has 1 amide bonds. The van der Waals surface area contributed by atoms with Crippen LogP contribution in [0, 0.1) is 0 Å². The molecule has 3 atom stereocenters. The molecule has 0 aliphatic carbocycles. The van der Waals surface area contributed by atoms with Gasteiger partial charge in [0.25, 0.3) is 5.91 Å². The van der Waals surface area contributed by atoms with E-state index in [9.17, 15) is 4.79 Å². The molecule has 1 aliphatic rings. The first-order chi connectivity index (χ1) is 9.06. The number of amides is 1. The Bertz CT molecular complexity index is 395. The molecule has 2 rings (SSSR count). The van der Waals surface area contributed by atoms with Gasteiger partial charge in [-0.1, -0.05) is 0 Å². The van der Waals surface area contributed by atoms with E-state index in [1.165, 1.54) is 12.5 Å². The minimum absolute atomic E-state index is 0.0880. The largest absolute Gasteiger partial charge is 0.472 e. The average molecular weight is 266 g/mol. The van der Waals surface area contributed by atoms with E-state index < -0.39 is 0 Å². The zero-order chi connectivity index (χ0) is 13.8. The number of ether oxygens (including phenoxy) is 1. The van der Waals surface area contributed by atoms with Crippen LogP contribution in [-0.4, -0.2) is 48.7 Å². The second kappa shape index (κ2) is 6.21. The Morgan fingerprint density at radius 1 is 1.47 bits per heavy atom. The third-order valence-corrected chi connectivity index (χ3v) is 3.41. The third-order valence-electron chi connectivity index (χ3n) is 3.41. The number of carbonyl (C=O) groups is 1. The number of nitrogens with one attached hydrogen (secondary N) is 1. The number of nitrogens with zero attached hydrogens (tertiary/aromatic N) is 1. The molecule has 0 spiro atoms. The summed E-state index contributed by atoms with van der Waals surface area (Å²) < 4.78 is 10.6. The van der Waals surface area contributed by atoms with E-state index >= 15 is 0 Å². The molecule has 0 unspecified atom stereocenters. The van der Waals surface area contributed by atoms with Crippen molar-refractivity contribution in [2.45, 2.75) is 39.0 Å². The van der Waals surface area contributed by atoms with Crippen LogP contribution in [0.4, 0.5) is 0 Å². The Labute approximate surface area is 113 Å². The Morgan fingerprint density at radius 3 is 2.74 bits per heavy atom. The summed E-state index contributed by atoms with van der Waals surface area (Å²) in [6, 6.07) is 1.96. The van der Waals surface area contributed by atoms with Gasteiger partial charge < -0.3 is 14.5 Å². The van der Waals surface area contributed by atoms with Crippen molar-refractivity contribution in [3.63, 3.8) is 0 Å². The second-order valence-corrected chi connectivity index (χ2v) is 5.28. The number of rotatable bonds is 4. The number of carbonyl (C=O) groups excluding carboxylic acids is 1. The Morgan fingerprint density at radius 2 is 2.16 bits per heavy atom. The molecule has 0 radical (unpaired) electrons. The molecular formula is C14H22N2O3. The van der Waals surface area contributed by atoms with E-state index in [0.29, 0.717) is 18.2 Å². The van der Waals surface area contributed by atoms with E-state index in [1.807, 2.05) is 0 Å². The SMILES string of the molecule is C[C@@H]1CN([C@@H](C)CNC(=O)c2ccoc2)C[C@@H](C)O1. The Hall–Kier alpha value is -1.33. The highest BCUT2D eigenvalue weighted by Crippen LogP contribution is 2.13. The monoisotopic (exact) mass is 266 g/mol. The number of furan rings is 1. The van der Waals surface area contributed by atoms with Crippen molar-refractivity contribution in [3.05, 3.63) is 24.2 Å². The summed E-state index contributed by atoms with van der Waals surface area (Å²) in [7, 11) is 0. The van der Waals surface area contributed by atoms with Crippen molar-refractivity contribution < 1.29 is 13.9 Å². The molecule has 0 bridgehead atoms. The van der Waals surface area contributed by atoms with Crippen molar-refractivity contribution in [3.8, 4) is 0 Å². The van der Waals surface area contributed by atoms with Crippen LogP contribution >= 0.6 is 0 Å². The number of hydrogen-bond donors (Lipinski definition) is 1. The van der Waals surface area contributed by atoms with Gasteiger partial charge in [-0.05, 0) is 26.8 Å². The molecule has 0 aromatic carbocycles. The standard InChI is InChI=1S/C14H22N2O3/c1-10(16-7-11(2)19-12(3)8-16)6-15-14(17)13-4-5-18-9-13/h4-5,9-12H,6-8H2,1-3H3,(H,15,17)/t10-,11+,12+/m0/s1. The first-order valence-electron chi connectivity index (χ1n) is 6.76. The maximum Gasteiger partial charge on any atom is 0.254 e. The van der Waals surface area contributed by atoms with Crippen molar-refractivity contribution in [2.24, 2.45) is 0 Å². The van der Waals surface area contributed by atoms with Gasteiger partial charge in [0.15, 0.2) is 0 Å². The first kappa shape index (κ1) is 14.1. The van der Waals surface area contributed by atoms with Crippen LogP contribution in [-0.2, 0) is 4.74 Å². The fraction of sp³-hybridized carbons (Fsp3) is 0.643. The van der Waals surface area contributed by atoms with Gasteiger partial charge in [-0.2, -0.15) is 0 Å². The quantitative estimate of drug-likeness (QED) is 0.897. The van der Waals surface area contributed by atoms with Gasteiger partial charge in [-0.3, -0.25) is 9.69 Å². The fourth-order valence-corrected chi connectivity index (χ4v) is 2.44. The van der Waals surface area contributed by atoms with Crippen LogP contribution in [0.1, 0.15) is 31.1 Å². The van der Waals surface area contributed by atoms with E-state index in [1.54, 1.807) is 6.07 Å². The van der Waals surface area contributed by atoms with Gasteiger partial charge >= 0.3 is 0 Å². The van der Waals surface area contributed by atoms with Crippen LogP contribution in [0.2, 0.25) is 0 Å². The fourth-order valence-electron chi connectivity index (χ4n) is 2.44. The van der Waals surface area contributed by atoms with Gasteiger partial charge in [0, 0.05) is 25.7 Å². The summed E-state index contributed by atoms with van der Waals surface area (Å²) in [5.74, 6) is -0.0880. The predicted octanol–water partition coefficient (Wildman–Crippen LogP) is 1.51. The van der Waals surface area contributed by atoms with Crippen LogP contribution in [0.15, 0.2) is 23.0 Å². The summed E-state index contributed by atoms with van der Waals surface area (Å²) in [4.78, 5) is 14.2. The van der Waals surface area contributed by atoms with E-state index in [-0.39, 0.29) is 18.1 Å². The van der Waals surface area contributed by atoms with Crippen LogP contribution in [0.3, 0.4) is 0 Å². The van der Waals surface area contributed by atoms with Gasteiger partial charge in [-0.15, -0.1) is 0 Å². The molecule has 19 heavy (non-hydrogen) atoms.